The fourth-order valence-corrected chi connectivity index (χ4v) is 5.70. The van der Waals surface area contributed by atoms with Crippen LogP contribution in [0.4, 0.5) is 10.1 Å². The molecule has 0 aliphatic rings. The number of halogens is 1. The van der Waals surface area contributed by atoms with Gasteiger partial charge in [-0.25, -0.2) is 12.8 Å². The Morgan fingerprint density at radius 1 is 0.975 bits per heavy atom. The van der Waals surface area contributed by atoms with Gasteiger partial charge in [0.2, 0.25) is 11.8 Å². The van der Waals surface area contributed by atoms with E-state index in [0.29, 0.717) is 5.56 Å². The zero-order chi connectivity index (χ0) is 29.4. The summed E-state index contributed by atoms with van der Waals surface area (Å²) in [7, 11) is -2.81. The molecule has 1 atom stereocenters. The minimum atomic E-state index is -4.23. The van der Waals surface area contributed by atoms with Crippen molar-refractivity contribution in [1.29, 1.82) is 0 Å². The Balaban J connectivity index is 2.09. The Morgan fingerprint density at radius 2 is 1.60 bits per heavy atom. The van der Waals surface area contributed by atoms with Crippen molar-refractivity contribution in [3.63, 3.8) is 0 Å². The minimum absolute atomic E-state index is 0.00600. The van der Waals surface area contributed by atoms with E-state index in [1.807, 2.05) is 20.8 Å². The average molecular weight is 570 g/mol. The Labute approximate surface area is 235 Å². The fraction of sp³-hybridized carbons (Fsp3) is 0.333. The highest BCUT2D eigenvalue weighted by atomic mass is 32.2. The van der Waals surface area contributed by atoms with E-state index in [4.69, 9.17) is 4.74 Å². The molecule has 0 spiro atoms. The summed E-state index contributed by atoms with van der Waals surface area (Å²) >= 11 is 0. The summed E-state index contributed by atoms with van der Waals surface area (Å²) in [6.07, 6.45) is 0.283. The van der Waals surface area contributed by atoms with E-state index < -0.39 is 34.3 Å². The molecule has 3 rings (SSSR count). The van der Waals surface area contributed by atoms with E-state index in [1.165, 1.54) is 48.4 Å². The van der Waals surface area contributed by atoms with Crippen molar-refractivity contribution in [2.75, 3.05) is 18.0 Å². The second kappa shape index (κ2) is 13.4. The molecule has 10 heteroatoms. The van der Waals surface area contributed by atoms with E-state index in [0.717, 1.165) is 9.87 Å². The van der Waals surface area contributed by atoms with Gasteiger partial charge in [-0.3, -0.25) is 13.9 Å². The quantitative estimate of drug-likeness (QED) is 0.342. The van der Waals surface area contributed by atoms with Crippen LogP contribution in [0.1, 0.15) is 38.3 Å². The predicted octanol–water partition coefficient (Wildman–Crippen LogP) is 4.67. The summed E-state index contributed by atoms with van der Waals surface area (Å²) < 4.78 is 48.0. The number of carbonyl (C=O) groups is 2. The maximum Gasteiger partial charge on any atom is 0.264 e. The molecular weight excluding hydrogens is 533 g/mol. The van der Waals surface area contributed by atoms with Crippen LogP contribution >= 0.6 is 0 Å². The number of hydrogen-bond donors (Lipinski definition) is 1. The highest BCUT2D eigenvalue weighted by molar-refractivity contribution is 7.92. The third kappa shape index (κ3) is 7.38. The zero-order valence-electron chi connectivity index (χ0n) is 23.4. The number of hydrogen-bond acceptors (Lipinski definition) is 5. The summed E-state index contributed by atoms with van der Waals surface area (Å²) in [5, 5.41) is 2.84. The molecule has 214 valence electrons. The van der Waals surface area contributed by atoms with Gasteiger partial charge >= 0.3 is 0 Å². The second-order valence-electron chi connectivity index (χ2n) is 9.73. The SMILES string of the molecule is CCC(C(=O)NC(C)C)N(Cc1ccc(F)cc1)C(=O)CN(c1ccccc1OC)S(=O)(=O)c1ccc(C)cc1. The molecule has 2 amide bonds. The molecule has 8 nitrogen and oxygen atoms in total. The first kappa shape index (κ1) is 30.6. The first-order valence-corrected chi connectivity index (χ1v) is 14.5. The van der Waals surface area contributed by atoms with Crippen molar-refractivity contribution >= 4 is 27.5 Å². The average Bonchev–Trinajstić information content (AvgIpc) is 2.92. The van der Waals surface area contributed by atoms with Crippen LogP contribution in [0, 0.1) is 12.7 Å². The van der Waals surface area contributed by atoms with E-state index in [-0.39, 0.29) is 41.2 Å². The smallest absolute Gasteiger partial charge is 0.264 e. The van der Waals surface area contributed by atoms with Crippen molar-refractivity contribution in [2.24, 2.45) is 0 Å². The number of sulfonamides is 1. The number of nitrogens with one attached hydrogen (secondary N) is 1. The maximum atomic E-state index is 14.0. The molecule has 1 unspecified atom stereocenters. The van der Waals surface area contributed by atoms with Gasteiger partial charge in [-0.15, -0.1) is 0 Å². The van der Waals surface area contributed by atoms with Crippen LogP contribution in [0.15, 0.2) is 77.7 Å². The number of aryl methyl sites for hydroxylation is 1. The normalized spacial score (nSPS) is 12.1. The van der Waals surface area contributed by atoms with E-state index >= 15 is 0 Å². The predicted molar refractivity (Wildman–Crippen MR) is 153 cm³/mol. The monoisotopic (exact) mass is 569 g/mol. The summed E-state index contributed by atoms with van der Waals surface area (Å²) in [6, 6.07) is 17.4. The molecule has 0 aromatic heterocycles. The molecule has 0 radical (unpaired) electrons. The molecule has 0 bridgehead atoms. The lowest BCUT2D eigenvalue weighted by Gasteiger charge is -2.33. The van der Waals surface area contributed by atoms with Crippen molar-refractivity contribution in [1.82, 2.24) is 10.2 Å². The topological polar surface area (TPSA) is 96.0 Å². The van der Waals surface area contributed by atoms with E-state index in [1.54, 1.807) is 43.3 Å². The van der Waals surface area contributed by atoms with Gasteiger partial charge < -0.3 is 15.0 Å². The third-order valence-electron chi connectivity index (χ3n) is 6.32. The Morgan fingerprint density at radius 3 is 2.17 bits per heavy atom. The van der Waals surface area contributed by atoms with Crippen LogP contribution < -0.4 is 14.4 Å². The molecule has 40 heavy (non-hydrogen) atoms. The number of amides is 2. The van der Waals surface area contributed by atoms with Crippen LogP contribution in [0.3, 0.4) is 0 Å². The van der Waals surface area contributed by atoms with Crippen LogP contribution in [0.25, 0.3) is 0 Å². The molecule has 0 saturated heterocycles. The van der Waals surface area contributed by atoms with Gasteiger partial charge in [0.05, 0.1) is 17.7 Å². The molecule has 3 aromatic rings. The summed E-state index contributed by atoms with van der Waals surface area (Å²) in [4.78, 5) is 28.6. The molecule has 3 aromatic carbocycles. The Kier molecular flexibility index (Phi) is 10.3. The number of methoxy groups -OCH3 is 1. The van der Waals surface area contributed by atoms with Gasteiger partial charge in [0, 0.05) is 12.6 Å². The van der Waals surface area contributed by atoms with Gasteiger partial charge in [0.15, 0.2) is 0 Å². The number of nitrogens with zero attached hydrogens (tertiary/aromatic N) is 2. The van der Waals surface area contributed by atoms with Crippen molar-refractivity contribution in [2.45, 2.75) is 57.6 Å². The first-order chi connectivity index (χ1) is 19.0. The van der Waals surface area contributed by atoms with Gasteiger partial charge in [0.1, 0.15) is 24.2 Å². The highest BCUT2D eigenvalue weighted by Crippen LogP contribution is 2.32. The fourth-order valence-electron chi connectivity index (χ4n) is 4.27. The van der Waals surface area contributed by atoms with Gasteiger partial charge in [-0.05, 0) is 69.2 Å². The standard InChI is InChI=1S/C30H36FN3O5S/c1-6-26(30(36)32-21(2)3)33(19-23-13-15-24(31)16-14-23)29(35)20-34(27-9-7-8-10-28(27)39-5)40(37,38)25-17-11-22(4)12-18-25/h7-18,21,26H,6,19-20H2,1-5H3,(H,32,36). The summed E-state index contributed by atoms with van der Waals surface area (Å²) in [6.45, 7) is 6.63. The lowest BCUT2D eigenvalue weighted by Crippen LogP contribution is -2.53. The number of ether oxygens (including phenoxy) is 1. The summed E-state index contributed by atoms with van der Waals surface area (Å²) in [5.74, 6) is -1.13. The van der Waals surface area contributed by atoms with Crippen LogP contribution in [0.5, 0.6) is 5.75 Å². The van der Waals surface area contributed by atoms with Gasteiger partial charge in [-0.2, -0.15) is 0 Å². The van der Waals surface area contributed by atoms with E-state index in [2.05, 4.69) is 5.32 Å². The first-order valence-electron chi connectivity index (χ1n) is 13.0. The maximum absolute atomic E-state index is 14.0. The Hall–Kier alpha value is -3.92. The van der Waals surface area contributed by atoms with Gasteiger partial charge in [-0.1, -0.05) is 48.9 Å². The van der Waals surface area contributed by atoms with Crippen LogP contribution in [-0.4, -0.2) is 50.9 Å². The van der Waals surface area contributed by atoms with Crippen LogP contribution in [-0.2, 0) is 26.2 Å². The molecular formula is C30H36FN3O5S. The number of carbonyl (C=O) groups excluding carboxylic acids is 2. The number of benzene rings is 3. The zero-order valence-corrected chi connectivity index (χ0v) is 24.2. The van der Waals surface area contributed by atoms with E-state index in [9.17, 15) is 22.4 Å². The van der Waals surface area contributed by atoms with Crippen molar-refractivity contribution in [3.05, 3.63) is 89.7 Å². The minimum Gasteiger partial charge on any atom is -0.495 e. The molecule has 0 fully saturated rings. The Bertz CT molecular complexity index is 1410. The molecule has 0 heterocycles. The summed E-state index contributed by atoms with van der Waals surface area (Å²) in [5.41, 5.74) is 1.66. The van der Waals surface area contributed by atoms with Gasteiger partial charge in [0.25, 0.3) is 10.0 Å². The third-order valence-corrected chi connectivity index (χ3v) is 8.10. The molecule has 0 saturated carbocycles. The number of rotatable bonds is 12. The lowest BCUT2D eigenvalue weighted by atomic mass is 10.1. The number of anilines is 1. The van der Waals surface area contributed by atoms with Crippen LogP contribution in [0.2, 0.25) is 0 Å². The van der Waals surface area contributed by atoms with Crippen molar-refractivity contribution < 1.29 is 27.1 Å². The number of para-hydroxylation sites is 2. The van der Waals surface area contributed by atoms with Crippen molar-refractivity contribution in [3.8, 4) is 5.75 Å². The lowest BCUT2D eigenvalue weighted by molar-refractivity contribution is -0.140. The second-order valence-corrected chi connectivity index (χ2v) is 11.6. The molecule has 0 aliphatic heterocycles. The molecule has 1 N–H and O–H groups in total. The largest absolute Gasteiger partial charge is 0.495 e. The highest BCUT2D eigenvalue weighted by Gasteiger charge is 2.34. The molecule has 0 aliphatic carbocycles.